The predicted octanol–water partition coefficient (Wildman–Crippen LogP) is 2.11. The standard InChI is InChI=1S/C11H22BrNO/c1-9-4-5-13(10(9)6-14)8-11(2,3)7-12/h9-10,14H,4-8H2,1-3H3. The Hall–Kier alpha value is 0.400. The molecule has 1 fully saturated rings. The van der Waals surface area contributed by atoms with Gasteiger partial charge < -0.3 is 5.11 Å². The number of hydrogen-bond acceptors (Lipinski definition) is 2. The number of halogens is 1. The summed E-state index contributed by atoms with van der Waals surface area (Å²) in [7, 11) is 0. The van der Waals surface area contributed by atoms with E-state index in [1.165, 1.54) is 6.42 Å². The zero-order chi connectivity index (χ0) is 10.8. The van der Waals surface area contributed by atoms with Gasteiger partial charge in [0.25, 0.3) is 0 Å². The lowest BCUT2D eigenvalue weighted by Gasteiger charge is -2.32. The van der Waals surface area contributed by atoms with Crippen molar-refractivity contribution in [2.45, 2.75) is 33.2 Å². The number of aliphatic hydroxyl groups is 1. The van der Waals surface area contributed by atoms with Gasteiger partial charge in [0.05, 0.1) is 6.61 Å². The number of hydrogen-bond donors (Lipinski definition) is 1. The molecule has 1 saturated heterocycles. The first-order chi connectivity index (χ1) is 6.50. The molecule has 0 aliphatic carbocycles. The van der Waals surface area contributed by atoms with Gasteiger partial charge >= 0.3 is 0 Å². The van der Waals surface area contributed by atoms with E-state index in [4.69, 9.17) is 0 Å². The second kappa shape index (κ2) is 4.95. The molecule has 2 atom stereocenters. The van der Waals surface area contributed by atoms with Crippen molar-refractivity contribution >= 4 is 15.9 Å². The van der Waals surface area contributed by atoms with Crippen molar-refractivity contribution in [1.29, 1.82) is 0 Å². The van der Waals surface area contributed by atoms with Gasteiger partial charge in [0.15, 0.2) is 0 Å². The molecule has 1 heterocycles. The Morgan fingerprint density at radius 1 is 1.50 bits per heavy atom. The summed E-state index contributed by atoms with van der Waals surface area (Å²) in [5.41, 5.74) is 0.303. The Labute approximate surface area is 95.8 Å². The topological polar surface area (TPSA) is 23.5 Å². The summed E-state index contributed by atoms with van der Waals surface area (Å²) in [6.07, 6.45) is 1.23. The lowest BCUT2D eigenvalue weighted by molar-refractivity contribution is 0.110. The Kier molecular flexibility index (Phi) is 4.41. The van der Waals surface area contributed by atoms with Crippen LogP contribution in [-0.2, 0) is 0 Å². The predicted molar refractivity (Wildman–Crippen MR) is 63.8 cm³/mol. The number of alkyl halides is 1. The average Bonchev–Trinajstić information content (AvgIpc) is 2.46. The minimum atomic E-state index is 0.303. The summed E-state index contributed by atoms with van der Waals surface area (Å²) < 4.78 is 0. The molecular formula is C11H22BrNO. The molecule has 1 aliphatic heterocycles. The molecule has 0 aromatic heterocycles. The van der Waals surface area contributed by atoms with Crippen molar-refractivity contribution < 1.29 is 5.11 Å². The number of likely N-dealkylation sites (tertiary alicyclic amines) is 1. The lowest BCUT2D eigenvalue weighted by atomic mass is 9.95. The van der Waals surface area contributed by atoms with Crippen molar-refractivity contribution in [2.24, 2.45) is 11.3 Å². The Balaban J connectivity index is 2.52. The average molecular weight is 264 g/mol. The maximum atomic E-state index is 9.32. The van der Waals surface area contributed by atoms with E-state index in [-0.39, 0.29) is 0 Å². The van der Waals surface area contributed by atoms with Crippen molar-refractivity contribution in [3.63, 3.8) is 0 Å². The third kappa shape index (κ3) is 2.94. The maximum Gasteiger partial charge on any atom is 0.0589 e. The van der Waals surface area contributed by atoms with Crippen LogP contribution in [0.25, 0.3) is 0 Å². The molecule has 1 aliphatic rings. The van der Waals surface area contributed by atoms with E-state index in [0.29, 0.717) is 24.0 Å². The van der Waals surface area contributed by atoms with Crippen LogP contribution in [0.4, 0.5) is 0 Å². The van der Waals surface area contributed by atoms with Gasteiger partial charge in [0.1, 0.15) is 0 Å². The molecule has 0 aromatic carbocycles. The molecule has 0 aromatic rings. The van der Waals surface area contributed by atoms with Gasteiger partial charge in [-0.2, -0.15) is 0 Å². The summed E-state index contributed by atoms with van der Waals surface area (Å²) in [5.74, 6) is 0.645. The molecule has 84 valence electrons. The first kappa shape index (κ1) is 12.5. The molecule has 3 heteroatoms. The van der Waals surface area contributed by atoms with Crippen LogP contribution in [0.1, 0.15) is 27.2 Å². The fourth-order valence-electron chi connectivity index (χ4n) is 2.17. The number of rotatable bonds is 4. The van der Waals surface area contributed by atoms with Crippen LogP contribution in [0.5, 0.6) is 0 Å². The van der Waals surface area contributed by atoms with Crippen LogP contribution in [-0.4, -0.2) is 41.1 Å². The summed E-state index contributed by atoms with van der Waals surface area (Å²) in [5, 5.41) is 10.3. The normalized spacial score (nSPS) is 29.8. The highest BCUT2D eigenvalue weighted by atomic mass is 79.9. The first-order valence-electron chi connectivity index (χ1n) is 5.41. The van der Waals surface area contributed by atoms with Crippen molar-refractivity contribution in [1.82, 2.24) is 4.90 Å². The van der Waals surface area contributed by atoms with Gasteiger partial charge in [-0.3, -0.25) is 4.90 Å². The van der Waals surface area contributed by atoms with E-state index in [9.17, 15) is 5.11 Å². The molecule has 0 amide bonds. The molecule has 0 spiro atoms. The SMILES string of the molecule is CC1CCN(CC(C)(C)CBr)C1CO. The van der Waals surface area contributed by atoms with Crippen LogP contribution in [0.2, 0.25) is 0 Å². The van der Waals surface area contributed by atoms with Gasteiger partial charge in [0, 0.05) is 17.9 Å². The number of aliphatic hydroxyl groups excluding tert-OH is 1. The van der Waals surface area contributed by atoms with Crippen LogP contribution in [0, 0.1) is 11.3 Å². The molecule has 0 bridgehead atoms. The molecule has 2 nitrogen and oxygen atoms in total. The summed E-state index contributed by atoms with van der Waals surface area (Å²) in [6, 6.07) is 0.383. The smallest absolute Gasteiger partial charge is 0.0589 e. The van der Waals surface area contributed by atoms with Crippen LogP contribution in [0.3, 0.4) is 0 Å². The van der Waals surface area contributed by atoms with E-state index < -0.39 is 0 Å². The molecule has 0 saturated carbocycles. The first-order valence-corrected chi connectivity index (χ1v) is 6.53. The highest BCUT2D eigenvalue weighted by Gasteiger charge is 2.33. The Bertz CT molecular complexity index is 184. The Morgan fingerprint density at radius 2 is 2.14 bits per heavy atom. The fraction of sp³-hybridized carbons (Fsp3) is 1.00. The van der Waals surface area contributed by atoms with Crippen molar-refractivity contribution in [3.05, 3.63) is 0 Å². The molecule has 0 radical (unpaired) electrons. The minimum absolute atomic E-state index is 0.303. The van der Waals surface area contributed by atoms with E-state index >= 15 is 0 Å². The zero-order valence-corrected chi connectivity index (χ0v) is 11.0. The van der Waals surface area contributed by atoms with Crippen molar-refractivity contribution in [2.75, 3.05) is 25.0 Å². The van der Waals surface area contributed by atoms with Gasteiger partial charge in [-0.15, -0.1) is 0 Å². The largest absolute Gasteiger partial charge is 0.395 e. The second-order valence-corrected chi connectivity index (χ2v) is 5.84. The highest BCUT2D eigenvalue weighted by Crippen LogP contribution is 2.28. The fourth-order valence-corrected chi connectivity index (χ4v) is 2.35. The third-order valence-electron chi connectivity index (χ3n) is 3.18. The highest BCUT2D eigenvalue weighted by molar-refractivity contribution is 9.09. The molecule has 2 unspecified atom stereocenters. The van der Waals surface area contributed by atoms with Gasteiger partial charge in [-0.05, 0) is 24.3 Å². The Morgan fingerprint density at radius 3 is 2.64 bits per heavy atom. The van der Waals surface area contributed by atoms with Crippen LogP contribution >= 0.6 is 15.9 Å². The van der Waals surface area contributed by atoms with Gasteiger partial charge in [0.2, 0.25) is 0 Å². The minimum Gasteiger partial charge on any atom is -0.395 e. The second-order valence-electron chi connectivity index (χ2n) is 5.28. The summed E-state index contributed by atoms with van der Waals surface area (Å²) >= 11 is 3.55. The van der Waals surface area contributed by atoms with E-state index in [1.54, 1.807) is 0 Å². The molecule has 1 rings (SSSR count). The molecular weight excluding hydrogens is 242 g/mol. The molecule has 1 N–H and O–H groups in total. The third-order valence-corrected chi connectivity index (χ3v) is 4.70. The van der Waals surface area contributed by atoms with E-state index in [1.807, 2.05) is 0 Å². The van der Waals surface area contributed by atoms with Crippen LogP contribution < -0.4 is 0 Å². The van der Waals surface area contributed by atoms with Crippen LogP contribution in [0.15, 0.2) is 0 Å². The zero-order valence-electron chi connectivity index (χ0n) is 9.46. The lowest BCUT2D eigenvalue weighted by Crippen LogP contribution is -2.41. The van der Waals surface area contributed by atoms with Crippen molar-refractivity contribution in [3.8, 4) is 0 Å². The van der Waals surface area contributed by atoms with E-state index in [0.717, 1.165) is 18.4 Å². The number of nitrogens with zero attached hydrogens (tertiary/aromatic N) is 1. The summed E-state index contributed by atoms with van der Waals surface area (Å²) in [6.45, 7) is 9.29. The van der Waals surface area contributed by atoms with Gasteiger partial charge in [-0.1, -0.05) is 36.7 Å². The molecule has 14 heavy (non-hydrogen) atoms. The quantitative estimate of drug-likeness (QED) is 0.786. The van der Waals surface area contributed by atoms with E-state index in [2.05, 4.69) is 41.6 Å². The summed E-state index contributed by atoms with van der Waals surface area (Å²) in [4.78, 5) is 2.44. The monoisotopic (exact) mass is 263 g/mol. The van der Waals surface area contributed by atoms with Gasteiger partial charge in [-0.25, -0.2) is 0 Å². The maximum absolute atomic E-state index is 9.32.